The van der Waals surface area contributed by atoms with Gasteiger partial charge in [0, 0.05) is 12.8 Å². The van der Waals surface area contributed by atoms with Crippen molar-refractivity contribution in [2.24, 2.45) is 0 Å². The molecule has 10 nitrogen and oxygen atoms in total. The number of esters is 2. The van der Waals surface area contributed by atoms with E-state index in [1.54, 1.807) is 0 Å². The van der Waals surface area contributed by atoms with Crippen LogP contribution < -0.4 is 0 Å². The third-order valence-electron chi connectivity index (χ3n) is 8.19. The van der Waals surface area contributed by atoms with E-state index in [2.05, 4.69) is 79.1 Å². The topological polar surface area (TPSA) is 149 Å². The average molecular weight is 769 g/mol. The molecule has 0 aromatic rings. The van der Waals surface area contributed by atoms with E-state index < -0.39 is 51.8 Å². The predicted octanol–water partition coefficient (Wildman–Crippen LogP) is 10.3. The molecule has 0 spiro atoms. The molecular weight excluding hydrogens is 695 g/mol. The fraction of sp³-hybridized carbons (Fsp3) is 0.714. The third kappa shape index (κ3) is 37.8. The molecule has 306 valence electrons. The number of hydrogen-bond acceptors (Lipinski definition) is 9. The highest BCUT2D eigenvalue weighted by Gasteiger charge is 2.27. The maximum atomic E-state index is 12.6. The van der Waals surface area contributed by atoms with E-state index in [9.17, 15) is 24.2 Å². The van der Waals surface area contributed by atoms with Crippen LogP contribution in [-0.2, 0) is 32.7 Å². The number of hydrogen-bond donors (Lipinski definition) is 3. The third-order valence-corrected chi connectivity index (χ3v) is 9.14. The van der Waals surface area contributed by atoms with E-state index in [1.165, 1.54) is 44.9 Å². The molecule has 0 aromatic carbocycles. The molecule has 3 atom stereocenters. The van der Waals surface area contributed by atoms with Gasteiger partial charge in [0.25, 0.3) is 0 Å². The summed E-state index contributed by atoms with van der Waals surface area (Å²) < 4.78 is 32.6. The molecule has 0 radical (unpaired) electrons. The van der Waals surface area contributed by atoms with Crippen molar-refractivity contribution < 1.29 is 47.8 Å². The minimum absolute atomic E-state index is 0.144. The van der Waals surface area contributed by atoms with E-state index in [0.29, 0.717) is 12.8 Å². The highest BCUT2D eigenvalue weighted by molar-refractivity contribution is 7.47. The van der Waals surface area contributed by atoms with Crippen molar-refractivity contribution in [2.45, 2.75) is 167 Å². The zero-order valence-electron chi connectivity index (χ0n) is 33.0. The lowest BCUT2D eigenvalue weighted by Crippen LogP contribution is -2.29. The van der Waals surface area contributed by atoms with Crippen LogP contribution in [0.3, 0.4) is 0 Å². The first-order valence-electron chi connectivity index (χ1n) is 20.2. The maximum Gasteiger partial charge on any atom is 0.472 e. The molecule has 0 fully saturated rings. The molecule has 1 unspecified atom stereocenters. The minimum atomic E-state index is -4.62. The summed E-state index contributed by atoms with van der Waals surface area (Å²) in [6.45, 7) is 2.20. The van der Waals surface area contributed by atoms with Crippen LogP contribution in [0.1, 0.15) is 155 Å². The highest BCUT2D eigenvalue weighted by Crippen LogP contribution is 2.43. The smallest absolute Gasteiger partial charge is 0.462 e. The summed E-state index contributed by atoms with van der Waals surface area (Å²) in [5, 5.41) is 18.3. The molecule has 0 saturated carbocycles. The van der Waals surface area contributed by atoms with Gasteiger partial charge in [-0.15, -0.1) is 0 Å². The first-order valence-corrected chi connectivity index (χ1v) is 21.7. The molecule has 11 heteroatoms. The Labute approximate surface area is 321 Å². The fourth-order valence-corrected chi connectivity index (χ4v) is 5.87. The van der Waals surface area contributed by atoms with Crippen molar-refractivity contribution in [2.75, 3.05) is 26.4 Å². The monoisotopic (exact) mass is 768 g/mol. The van der Waals surface area contributed by atoms with E-state index in [0.717, 1.165) is 70.6 Å². The molecule has 0 aliphatic heterocycles. The quantitative estimate of drug-likeness (QED) is 0.0241. The number of unbranched alkanes of at least 4 members (excludes halogenated alkanes) is 13. The summed E-state index contributed by atoms with van der Waals surface area (Å²) in [7, 11) is -4.62. The van der Waals surface area contributed by atoms with Gasteiger partial charge < -0.3 is 24.6 Å². The van der Waals surface area contributed by atoms with Crippen molar-refractivity contribution in [3.63, 3.8) is 0 Å². The number of phosphoric ester groups is 1. The number of ether oxygens (including phenoxy) is 2. The van der Waals surface area contributed by atoms with Crippen LogP contribution in [0.15, 0.2) is 60.8 Å². The summed E-state index contributed by atoms with van der Waals surface area (Å²) in [4.78, 5) is 34.9. The number of allylic oxidation sites excluding steroid dienone is 10. The Hall–Kier alpha value is -2.33. The predicted molar refractivity (Wildman–Crippen MR) is 214 cm³/mol. The van der Waals surface area contributed by atoms with E-state index in [4.69, 9.17) is 19.1 Å². The zero-order valence-corrected chi connectivity index (χ0v) is 33.9. The largest absolute Gasteiger partial charge is 0.472 e. The van der Waals surface area contributed by atoms with Crippen molar-refractivity contribution >= 4 is 19.8 Å². The second kappa shape index (κ2) is 38.0. The summed E-state index contributed by atoms with van der Waals surface area (Å²) >= 11 is 0. The van der Waals surface area contributed by atoms with Gasteiger partial charge in [-0.1, -0.05) is 145 Å². The highest BCUT2D eigenvalue weighted by atomic mass is 31.2. The first kappa shape index (κ1) is 50.7. The Morgan fingerprint density at radius 2 is 1.04 bits per heavy atom. The standard InChI is InChI=1S/C42H73O10P/c1-3-5-7-9-11-13-15-16-17-18-19-20-21-22-24-26-28-30-32-34-42(46)52-40(38-51-53(47,48)50-36-39(44)35-43)37-49-41(45)33-31-29-27-25-23-14-12-10-8-6-4-2/h5,7,11,13,16-17,19-20,22,24,39-40,43-44H,3-4,6,8-10,12,14-15,18,21,23,25-38H2,1-2H3,(H,47,48)/b7-5+,13-11+,17-16+,20-19+,24-22+/t39-,40+/m0/s1. The molecule has 0 rings (SSSR count). The number of carbonyl (C=O) groups excluding carboxylic acids is 2. The van der Waals surface area contributed by atoms with Gasteiger partial charge in [-0.2, -0.15) is 0 Å². The summed E-state index contributed by atoms with van der Waals surface area (Å²) in [5.74, 6) is -0.967. The van der Waals surface area contributed by atoms with Crippen molar-refractivity contribution in [1.82, 2.24) is 0 Å². The molecule has 0 heterocycles. The molecular formula is C42H73O10P. The summed E-state index contributed by atoms with van der Waals surface area (Å²) in [6.07, 6.45) is 40.5. The summed E-state index contributed by atoms with van der Waals surface area (Å²) in [5.41, 5.74) is 0. The fourth-order valence-electron chi connectivity index (χ4n) is 5.08. The lowest BCUT2D eigenvalue weighted by atomic mass is 10.1. The Morgan fingerprint density at radius 1 is 0.585 bits per heavy atom. The van der Waals surface area contributed by atoms with Crippen LogP contribution in [0.5, 0.6) is 0 Å². The van der Waals surface area contributed by atoms with Crippen molar-refractivity contribution in [3.8, 4) is 0 Å². The average Bonchev–Trinajstić information content (AvgIpc) is 3.14. The Bertz CT molecular complexity index is 1070. The lowest BCUT2D eigenvalue weighted by molar-refractivity contribution is -0.161. The van der Waals surface area contributed by atoms with Crippen LogP contribution in [0.25, 0.3) is 0 Å². The Balaban J connectivity index is 4.40. The van der Waals surface area contributed by atoms with Crippen molar-refractivity contribution in [1.29, 1.82) is 0 Å². The van der Waals surface area contributed by atoms with Gasteiger partial charge in [0.05, 0.1) is 19.8 Å². The second-order valence-electron chi connectivity index (χ2n) is 13.3. The molecule has 0 aliphatic carbocycles. The minimum Gasteiger partial charge on any atom is -0.462 e. The lowest BCUT2D eigenvalue weighted by Gasteiger charge is -2.20. The number of aliphatic hydroxyl groups excluding tert-OH is 2. The first-order chi connectivity index (χ1) is 25.7. The van der Waals surface area contributed by atoms with E-state index >= 15 is 0 Å². The maximum absolute atomic E-state index is 12.6. The SMILES string of the molecule is CC/C=C/C/C=C/C/C=C/C/C=C/C/C=C/CCCCCC(=O)O[C@H](COC(=O)CCCCCCCCCCCCC)COP(=O)(O)OC[C@@H](O)CO. The number of phosphoric acid groups is 1. The Kier molecular flexibility index (Phi) is 36.3. The molecule has 3 N–H and O–H groups in total. The van der Waals surface area contributed by atoms with Gasteiger partial charge in [-0.25, -0.2) is 4.57 Å². The number of aliphatic hydroxyl groups is 2. The van der Waals surface area contributed by atoms with Crippen LogP contribution in [-0.4, -0.2) is 65.7 Å². The molecule has 0 amide bonds. The van der Waals surface area contributed by atoms with Gasteiger partial charge in [0.1, 0.15) is 12.7 Å². The van der Waals surface area contributed by atoms with Crippen molar-refractivity contribution in [3.05, 3.63) is 60.8 Å². The van der Waals surface area contributed by atoms with Crippen LogP contribution in [0, 0.1) is 0 Å². The van der Waals surface area contributed by atoms with Gasteiger partial charge in [0.2, 0.25) is 0 Å². The number of carbonyl (C=O) groups is 2. The van der Waals surface area contributed by atoms with Gasteiger partial charge in [0.15, 0.2) is 6.10 Å². The second-order valence-corrected chi connectivity index (χ2v) is 14.7. The molecule has 53 heavy (non-hydrogen) atoms. The van der Waals surface area contributed by atoms with E-state index in [-0.39, 0.29) is 19.4 Å². The van der Waals surface area contributed by atoms with Crippen LogP contribution >= 0.6 is 7.82 Å². The van der Waals surface area contributed by atoms with Gasteiger partial charge in [-0.05, 0) is 57.8 Å². The van der Waals surface area contributed by atoms with Gasteiger partial charge >= 0.3 is 19.8 Å². The summed E-state index contributed by atoms with van der Waals surface area (Å²) in [6, 6.07) is 0. The zero-order chi connectivity index (χ0) is 39.1. The molecule has 0 aliphatic rings. The molecule has 0 bridgehead atoms. The normalized spacial score (nSPS) is 14.6. The van der Waals surface area contributed by atoms with Gasteiger partial charge in [-0.3, -0.25) is 18.6 Å². The molecule has 0 saturated heterocycles. The number of rotatable bonds is 37. The van der Waals surface area contributed by atoms with Crippen LogP contribution in [0.2, 0.25) is 0 Å². The van der Waals surface area contributed by atoms with Crippen LogP contribution in [0.4, 0.5) is 0 Å². The molecule has 0 aromatic heterocycles. The Morgan fingerprint density at radius 3 is 1.57 bits per heavy atom. The van der Waals surface area contributed by atoms with E-state index in [1.807, 2.05) is 0 Å².